The van der Waals surface area contributed by atoms with Gasteiger partial charge in [-0.25, -0.2) is 4.79 Å². The van der Waals surface area contributed by atoms with Crippen LogP contribution in [-0.4, -0.2) is 43.7 Å². The second kappa shape index (κ2) is 4.30. The summed E-state index contributed by atoms with van der Waals surface area (Å²) in [6, 6.07) is 0.442. The van der Waals surface area contributed by atoms with Gasteiger partial charge in [0.15, 0.2) is 0 Å². The minimum atomic E-state index is 0.0725. The van der Waals surface area contributed by atoms with E-state index in [1.165, 1.54) is 0 Å². The summed E-state index contributed by atoms with van der Waals surface area (Å²) in [6.07, 6.45) is 1.06. The minimum absolute atomic E-state index is 0.0725. The van der Waals surface area contributed by atoms with Crippen molar-refractivity contribution in [3.05, 3.63) is 0 Å². The number of carbonyl (C=O) groups is 1. The highest BCUT2D eigenvalue weighted by atomic mass is 16.2. The monoisotopic (exact) mass is 171 g/mol. The van der Waals surface area contributed by atoms with Gasteiger partial charge in [-0.3, -0.25) is 0 Å². The second-order valence-corrected chi connectivity index (χ2v) is 3.22. The lowest BCUT2D eigenvalue weighted by Gasteiger charge is -2.29. The highest BCUT2D eigenvalue weighted by molar-refractivity contribution is 5.74. The largest absolute Gasteiger partial charge is 0.338 e. The number of nitrogens with zero attached hydrogens (tertiary/aromatic N) is 1. The van der Waals surface area contributed by atoms with E-state index >= 15 is 0 Å². The van der Waals surface area contributed by atoms with E-state index < -0.39 is 0 Å². The first kappa shape index (κ1) is 9.32. The molecule has 0 bridgehead atoms. The van der Waals surface area contributed by atoms with E-state index in [2.05, 4.69) is 17.6 Å². The summed E-state index contributed by atoms with van der Waals surface area (Å²) in [5.74, 6) is 0. The molecule has 0 aromatic carbocycles. The molecule has 1 atom stereocenters. The molecule has 4 heteroatoms. The number of hydrogen-bond acceptors (Lipinski definition) is 2. The zero-order valence-corrected chi connectivity index (χ0v) is 7.76. The summed E-state index contributed by atoms with van der Waals surface area (Å²) >= 11 is 0. The normalized spacial score (nSPS) is 20.5. The number of rotatable bonds is 3. The molecule has 0 spiro atoms. The maximum atomic E-state index is 11.2. The van der Waals surface area contributed by atoms with Gasteiger partial charge in [0.25, 0.3) is 0 Å². The number of nitrogens with one attached hydrogen (secondary N) is 2. The highest BCUT2D eigenvalue weighted by Crippen LogP contribution is 1.99. The zero-order chi connectivity index (χ0) is 8.97. The van der Waals surface area contributed by atoms with E-state index in [9.17, 15) is 4.79 Å². The van der Waals surface area contributed by atoms with Crippen LogP contribution < -0.4 is 10.6 Å². The number of hydrogen-bond donors (Lipinski definition) is 2. The maximum Gasteiger partial charge on any atom is 0.317 e. The SMILES string of the molecule is CNC(C)CN1CCCNC1=O. The molecule has 1 heterocycles. The Kier molecular flexibility index (Phi) is 3.34. The van der Waals surface area contributed by atoms with E-state index in [0.717, 1.165) is 26.1 Å². The number of carbonyl (C=O) groups excluding carboxylic acids is 1. The molecule has 70 valence electrons. The van der Waals surface area contributed by atoms with Crippen LogP contribution in [0, 0.1) is 0 Å². The predicted molar refractivity (Wildman–Crippen MR) is 48.1 cm³/mol. The van der Waals surface area contributed by atoms with E-state index in [4.69, 9.17) is 0 Å². The van der Waals surface area contributed by atoms with Gasteiger partial charge in [-0.05, 0) is 20.4 Å². The summed E-state index contributed by atoms with van der Waals surface area (Å²) in [5, 5.41) is 5.93. The molecule has 1 rings (SSSR count). The smallest absolute Gasteiger partial charge is 0.317 e. The van der Waals surface area contributed by atoms with Gasteiger partial charge in [-0.1, -0.05) is 0 Å². The number of amides is 2. The van der Waals surface area contributed by atoms with Gasteiger partial charge in [-0.15, -0.1) is 0 Å². The quantitative estimate of drug-likeness (QED) is 0.628. The molecule has 4 nitrogen and oxygen atoms in total. The summed E-state index contributed by atoms with van der Waals surface area (Å²) in [6.45, 7) is 4.57. The molecule has 12 heavy (non-hydrogen) atoms. The van der Waals surface area contributed by atoms with Crippen molar-refractivity contribution in [3.8, 4) is 0 Å². The molecule has 0 radical (unpaired) electrons. The summed E-state index contributed by atoms with van der Waals surface area (Å²) in [5.41, 5.74) is 0. The van der Waals surface area contributed by atoms with Gasteiger partial charge >= 0.3 is 6.03 Å². The van der Waals surface area contributed by atoms with Gasteiger partial charge in [0.1, 0.15) is 0 Å². The lowest BCUT2D eigenvalue weighted by Crippen LogP contribution is -2.50. The average Bonchev–Trinajstić information content (AvgIpc) is 2.09. The van der Waals surface area contributed by atoms with Crippen LogP contribution in [0.3, 0.4) is 0 Å². The van der Waals surface area contributed by atoms with Crippen LogP contribution in [0.5, 0.6) is 0 Å². The van der Waals surface area contributed by atoms with Crippen molar-refractivity contribution in [1.82, 2.24) is 15.5 Å². The van der Waals surface area contributed by atoms with Gasteiger partial charge in [-0.2, -0.15) is 0 Å². The van der Waals surface area contributed by atoms with Gasteiger partial charge in [0.05, 0.1) is 0 Å². The molecular weight excluding hydrogens is 154 g/mol. The van der Waals surface area contributed by atoms with E-state index in [1.807, 2.05) is 11.9 Å². The lowest BCUT2D eigenvalue weighted by atomic mass is 10.2. The lowest BCUT2D eigenvalue weighted by molar-refractivity contribution is 0.181. The van der Waals surface area contributed by atoms with Crippen LogP contribution in [0.4, 0.5) is 4.79 Å². The Morgan fingerprint density at radius 3 is 3.08 bits per heavy atom. The minimum Gasteiger partial charge on any atom is -0.338 e. The van der Waals surface area contributed by atoms with Crippen molar-refractivity contribution in [2.75, 3.05) is 26.7 Å². The Labute approximate surface area is 73.3 Å². The molecule has 0 saturated carbocycles. The van der Waals surface area contributed by atoms with Crippen molar-refractivity contribution in [3.63, 3.8) is 0 Å². The average molecular weight is 171 g/mol. The van der Waals surface area contributed by atoms with Crippen LogP contribution in [0.2, 0.25) is 0 Å². The third-order valence-electron chi connectivity index (χ3n) is 2.16. The predicted octanol–water partition coefficient (Wildman–Crippen LogP) is 0.00960. The third-order valence-corrected chi connectivity index (χ3v) is 2.16. The Morgan fingerprint density at radius 2 is 2.50 bits per heavy atom. The van der Waals surface area contributed by atoms with Crippen LogP contribution in [-0.2, 0) is 0 Å². The van der Waals surface area contributed by atoms with E-state index in [1.54, 1.807) is 0 Å². The van der Waals surface area contributed by atoms with Gasteiger partial charge in [0, 0.05) is 25.7 Å². The first-order valence-electron chi connectivity index (χ1n) is 4.44. The molecule has 1 fully saturated rings. The van der Waals surface area contributed by atoms with E-state index in [-0.39, 0.29) is 6.03 Å². The first-order chi connectivity index (χ1) is 5.74. The zero-order valence-electron chi connectivity index (χ0n) is 7.76. The summed E-state index contributed by atoms with van der Waals surface area (Å²) in [4.78, 5) is 13.1. The van der Waals surface area contributed by atoms with E-state index in [0.29, 0.717) is 6.04 Å². The van der Waals surface area contributed by atoms with Gasteiger partial charge < -0.3 is 15.5 Å². The van der Waals surface area contributed by atoms with Crippen molar-refractivity contribution < 1.29 is 4.79 Å². The van der Waals surface area contributed by atoms with Crippen LogP contribution >= 0.6 is 0 Å². The molecule has 0 aromatic heterocycles. The summed E-state index contributed by atoms with van der Waals surface area (Å²) in [7, 11) is 1.91. The molecular formula is C8H17N3O. The molecule has 2 N–H and O–H groups in total. The number of likely N-dealkylation sites (N-methyl/N-ethyl adjacent to an activating group) is 1. The van der Waals surface area contributed by atoms with Crippen LogP contribution in [0.15, 0.2) is 0 Å². The number of urea groups is 1. The Balaban J connectivity index is 2.34. The molecule has 0 aromatic rings. The maximum absolute atomic E-state index is 11.2. The first-order valence-corrected chi connectivity index (χ1v) is 4.44. The highest BCUT2D eigenvalue weighted by Gasteiger charge is 2.18. The Bertz CT molecular complexity index is 160. The molecule has 1 unspecified atom stereocenters. The fourth-order valence-electron chi connectivity index (χ4n) is 1.27. The van der Waals surface area contributed by atoms with Crippen LogP contribution in [0.1, 0.15) is 13.3 Å². The summed E-state index contributed by atoms with van der Waals surface area (Å²) < 4.78 is 0. The van der Waals surface area contributed by atoms with Crippen molar-refractivity contribution in [2.24, 2.45) is 0 Å². The van der Waals surface area contributed by atoms with Crippen molar-refractivity contribution >= 4 is 6.03 Å². The molecule has 1 saturated heterocycles. The molecule has 2 amide bonds. The second-order valence-electron chi connectivity index (χ2n) is 3.22. The Morgan fingerprint density at radius 1 is 1.75 bits per heavy atom. The standard InChI is InChI=1S/C8H17N3O/c1-7(9-2)6-11-5-3-4-10-8(11)12/h7,9H,3-6H2,1-2H3,(H,10,12). The Hall–Kier alpha value is -0.770. The van der Waals surface area contributed by atoms with Crippen molar-refractivity contribution in [2.45, 2.75) is 19.4 Å². The van der Waals surface area contributed by atoms with Gasteiger partial charge in [0.2, 0.25) is 0 Å². The van der Waals surface area contributed by atoms with Crippen LogP contribution in [0.25, 0.3) is 0 Å². The molecule has 0 aliphatic carbocycles. The fraction of sp³-hybridized carbons (Fsp3) is 0.875. The topological polar surface area (TPSA) is 44.4 Å². The molecule has 1 aliphatic rings. The fourth-order valence-corrected chi connectivity index (χ4v) is 1.27. The molecule has 1 aliphatic heterocycles. The van der Waals surface area contributed by atoms with Crippen molar-refractivity contribution in [1.29, 1.82) is 0 Å². The third kappa shape index (κ3) is 2.37.